The normalized spacial score (nSPS) is 18.5. The van der Waals surface area contributed by atoms with E-state index < -0.39 is 0 Å². The summed E-state index contributed by atoms with van der Waals surface area (Å²) in [5.41, 5.74) is 8.64. The van der Waals surface area contributed by atoms with Crippen LogP contribution in [0.3, 0.4) is 0 Å². The van der Waals surface area contributed by atoms with Gasteiger partial charge in [-0.15, -0.1) is 0 Å². The number of carbonyl (C=O) groups excluding carboxylic acids is 2. The molecule has 0 radical (unpaired) electrons. The lowest BCUT2D eigenvalue weighted by molar-refractivity contribution is -0.125. The zero-order chi connectivity index (χ0) is 22.2. The van der Waals surface area contributed by atoms with Crippen LogP contribution in [0.4, 0.5) is 0 Å². The van der Waals surface area contributed by atoms with E-state index in [0.717, 1.165) is 36.4 Å². The first-order valence-corrected chi connectivity index (χ1v) is 10.6. The molecule has 1 aliphatic heterocycles. The van der Waals surface area contributed by atoms with Crippen molar-refractivity contribution in [3.8, 4) is 5.75 Å². The molecule has 0 unspecified atom stereocenters. The lowest BCUT2D eigenvalue weighted by atomic mass is 9.88. The van der Waals surface area contributed by atoms with Crippen molar-refractivity contribution in [1.82, 2.24) is 15.5 Å². The maximum Gasteiger partial charge on any atom is 0.234 e. The molecule has 2 aromatic carbocycles. The van der Waals surface area contributed by atoms with Crippen molar-refractivity contribution in [2.45, 2.75) is 18.9 Å². The van der Waals surface area contributed by atoms with Crippen LogP contribution in [-0.2, 0) is 22.6 Å². The second-order valence-corrected chi connectivity index (χ2v) is 8.05. The number of nitrogens with two attached hydrogens (primary N) is 1. The van der Waals surface area contributed by atoms with E-state index in [0.29, 0.717) is 13.1 Å². The fraction of sp³-hybridized carbons (Fsp3) is 0.417. The first-order valence-electron chi connectivity index (χ1n) is 10.6. The number of hydrogen-bond donors (Lipinski definition) is 3. The van der Waals surface area contributed by atoms with Crippen LogP contribution in [0.5, 0.6) is 5.75 Å². The minimum Gasteiger partial charge on any atom is -0.497 e. The van der Waals surface area contributed by atoms with Crippen molar-refractivity contribution >= 4 is 11.8 Å². The van der Waals surface area contributed by atoms with Gasteiger partial charge in [0.05, 0.1) is 19.6 Å². The summed E-state index contributed by atoms with van der Waals surface area (Å²) >= 11 is 0. The molecule has 1 saturated heterocycles. The second-order valence-electron chi connectivity index (χ2n) is 8.05. The van der Waals surface area contributed by atoms with E-state index in [1.54, 1.807) is 7.11 Å². The molecule has 2 aromatic rings. The van der Waals surface area contributed by atoms with Gasteiger partial charge in [-0.1, -0.05) is 36.4 Å². The lowest BCUT2D eigenvalue weighted by Gasteiger charge is -2.19. The third-order valence-corrected chi connectivity index (χ3v) is 5.79. The Morgan fingerprint density at radius 2 is 1.71 bits per heavy atom. The number of likely N-dealkylation sites (tertiary alicyclic amines) is 1. The lowest BCUT2D eigenvalue weighted by Crippen LogP contribution is -2.35. The van der Waals surface area contributed by atoms with Gasteiger partial charge in [-0.2, -0.15) is 0 Å². The van der Waals surface area contributed by atoms with E-state index in [9.17, 15) is 9.59 Å². The quantitative estimate of drug-likeness (QED) is 0.563. The Bertz CT molecular complexity index is 867. The maximum atomic E-state index is 12.9. The number of amides is 2. The SMILES string of the molecule is COc1ccc(CCNC(=O)[C@H]2CN(C)C[C@@H]2c2ccc(CNC(=O)CN)cc2)cc1. The zero-order valence-corrected chi connectivity index (χ0v) is 18.3. The number of benzene rings is 2. The molecule has 0 saturated carbocycles. The number of likely N-dealkylation sites (N-methyl/N-ethyl adjacent to an activating group) is 1. The third-order valence-electron chi connectivity index (χ3n) is 5.79. The molecule has 0 spiro atoms. The monoisotopic (exact) mass is 424 g/mol. The van der Waals surface area contributed by atoms with Crippen molar-refractivity contribution in [3.05, 3.63) is 65.2 Å². The number of ether oxygens (including phenoxy) is 1. The fourth-order valence-electron chi connectivity index (χ4n) is 4.01. The van der Waals surface area contributed by atoms with Gasteiger partial charge in [0, 0.05) is 32.1 Å². The Morgan fingerprint density at radius 1 is 1.03 bits per heavy atom. The van der Waals surface area contributed by atoms with Gasteiger partial charge in [0.2, 0.25) is 11.8 Å². The molecule has 1 heterocycles. The number of carbonyl (C=O) groups is 2. The molecule has 0 aromatic heterocycles. The molecule has 7 heteroatoms. The summed E-state index contributed by atoms with van der Waals surface area (Å²) in [4.78, 5) is 26.5. The standard InChI is InChI=1S/C24H32N4O3/c1-28-15-21(19-7-3-18(4-8-19)14-27-23(29)13-25)22(16-28)24(30)26-12-11-17-5-9-20(31-2)10-6-17/h3-10,21-22H,11-16,25H2,1-2H3,(H,26,30)(H,27,29)/t21-,22+/m1/s1. The molecule has 31 heavy (non-hydrogen) atoms. The van der Waals surface area contributed by atoms with Crippen molar-refractivity contribution in [2.24, 2.45) is 11.7 Å². The van der Waals surface area contributed by atoms with Crippen LogP contribution in [0.15, 0.2) is 48.5 Å². The number of nitrogens with zero attached hydrogens (tertiary/aromatic N) is 1. The van der Waals surface area contributed by atoms with Gasteiger partial charge in [-0.25, -0.2) is 0 Å². The number of methoxy groups -OCH3 is 1. The number of nitrogens with one attached hydrogen (secondary N) is 2. The van der Waals surface area contributed by atoms with Crippen LogP contribution in [0.1, 0.15) is 22.6 Å². The highest BCUT2D eigenvalue weighted by Crippen LogP contribution is 2.32. The van der Waals surface area contributed by atoms with Crippen molar-refractivity contribution < 1.29 is 14.3 Å². The van der Waals surface area contributed by atoms with E-state index in [2.05, 4.69) is 27.7 Å². The molecule has 1 aliphatic rings. The molecule has 0 aliphatic carbocycles. The summed E-state index contributed by atoms with van der Waals surface area (Å²) in [7, 11) is 3.70. The predicted molar refractivity (Wildman–Crippen MR) is 121 cm³/mol. The first-order chi connectivity index (χ1) is 15.0. The zero-order valence-electron chi connectivity index (χ0n) is 18.3. The van der Waals surface area contributed by atoms with Crippen molar-refractivity contribution in [2.75, 3.05) is 40.3 Å². The van der Waals surface area contributed by atoms with E-state index >= 15 is 0 Å². The molecule has 0 bridgehead atoms. The van der Waals surface area contributed by atoms with Crippen LogP contribution in [0, 0.1) is 5.92 Å². The van der Waals surface area contributed by atoms with Crippen LogP contribution < -0.4 is 21.1 Å². The van der Waals surface area contributed by atoms with E-state index in [-0.39, 0.29) is 30.2 Å². The van der Waals surface area contributed by atoms with E-state index in [4.69, 9.17) is 10.5 Å². The molecule has 4 N–H and O–H groups in total. The topological polar surface area (TPSA) is 96.7 Å². The molecule has 1 fully saturated rings. The van der Waals surface area contributed by atoms with Crippen LogP contribution >= 0.6 is 0 Å². The summed E-state index contributed by atoms with van der Waals surface area (Å²) in [5, 5.41) is 5.89. The Labute approximate surface area is 183 Å². The molecular weight excluding hydrogens is 392 g/mol. The Kier molecular flexibility index (Phi) is 8.03. The first kappa shape index (κ1) is 22.8. The maximum absolute atomic E-state index is 12.9. The predicted octanol–water partition coefficient (Wildman–Crippen LogP) is 1.27. The molecule has 166 valence electrons. The largest absolute Gasteiger partial charge is 0.497 e. The molecular formula is C24H32N4O3. The van der Waals surface area contributed by atoms with E-state index in [1.165, 1.54) is 5.56 Å². The van der Waals surface area contributed by atoms with Crippen LogP contribution in [0.25, 0.3) is 0 Å². The highest BCUT2D eigenvalue weighted by atomic mass is 16.5. The van der Waals surface area contributed by atoms with Gasteiger partial charge in [0.1, 0.15) is 5.75 Å². The highest BCUT2D eigenvalue weighted by molar-refractivity contribution is 5.80. The van der Waals surface area contributed by atoms with Gasteiger partial charge in [0.15, 0.2) is 0 Å². The molecule has 7 nitrogen and oxygen atoms in total. The molecule has 2 atom stereocenters. The average molecular weight is 425 g/mol. The Balaban J connectivity index is 1.55. The Morgan fingerprint density at radius 3 is 2.35 bits per heavy atom. The molecule has 2 amide bonds. The summed E-state index contributed by atoms with van der Waals surface area (Å²) in [5.74, 6) is 0.828. The van der Waals surface area contributed by atoms with Gasteiger partial charge in [-0.3, -0.25) is 9.59 Å². The van der Waals surface area contributed by atoms with E-state index in [1.807, 2.05) is 43.4 Å². The third kappa shape index (κ3) is 6.29. The number of hydrogen-bond acceptors (Lipinski definition) is 5. The minimum absolute atomic E-state index is 0.0122. The summed E-state index contributed by atoms with van der Waals surface area (Å²) < 4.78 is 5.18. The van der Waals surface area contributed by atoms with Gasteiger partial charge in [0.25, 0.3) is 0 Å². The Hall–Kier alpha value is -2.90. The molecule has 3 rings (SSSR count). The van der Waals surface area contributed by atoms with Gasteiger partial charge >= 0.3 is 0 Å². The second kappa shape index (κ2) is 10.9. The van der Waals surface area contributed by atoms with Crippen LogP contribution in [0.2, 0.25) is 0 Å². The van der Waals surface area contributed by atoms with Crippen molar-refractivity contribution in [3.63, 3.8) is 0 Å². The fourth-order valence-corrected chi connectivity index (χ4v) is 4.01. The number of rotatable bonds is 9. The summed E-state index contributed by atoms with van der Waals surface area (Å²) in [6, 6.07) is 16.0. The van der Waals surface area contributed by atoms with Crippen molar-refractivity contribution in [1.29, 1.82) is 0 Å². The van der Waals surface area contributed by atoms with Crippen LogP contribution in [-0.4, -0.2) is 57.1 Å². The average Bonchev–Trinajstić information content (AvgIpc) is 3.20. The minimum atomic E-state index is -0.173. The van der Waals surface area contributed by atoms with Gasteiger partial charge < -0.3 is 26.0 Å². The highest BCUT2D eigenvalue weighted by Gasteiger charge is 2.36. The summed E-state index contributed by atoms with van der Waals surface area (Å²) in [6.45, 7) is 2.64. The van der Waals surface area contributed by atoms with Gasteiger partial charge in [-0.05, 0) is 42.3 Å². The smallest absolute Gasteiger partial charge is 0.234 e. The summed E-state index contributed by atoms with van der Waals surface area (Å²) in [6.07, 6.45) is 0.784.